The lowest BCUT2D eigenvalue weighted by Gasteiger charge is -2.07. The quantitative estimate of drug-likeness (QED) is 0.521. The number of fused-ring (bicyclic) bond motifs is 1. The molecule has 0 aliphatic carbocycles. The number of aromatic nitrogens is 3. The summed E-state index contributed by atoms with van der Waals surface area (Å²) in [5.74, 6) is 0.00797. The van der Waals surface area contributed by atoms with Gasteiger partial charge in [-0.2, -0.15) is 13.2 Å². The Hall–Kier alpha value is -1.87. The number of nitrogens with zero attached hydrogens (tertiary/aromatic N) is 3. The number of alkyl halides is 3. The molecular weight excluding hydrogens is 347 g/mol. The third kappa shape index (κ3) is 3.40. The molecular formula is C14H10F3N3OS2. The molecule has 0 spiro atoms. The van der Waals surface area contributed by atoms with Gasteiger partial charge < -0.3 is 0 Å². The average molecular weight is 357 g/mol. The molecule has 0 saturated heterocycles. The van der Waals surface area contributed by atoms with Gasteiger partial charge in [0.1, 0.15) is 0 Å². The second-order valence-electron chi connectivity index (χ2n) is 4.75. The molecule has 3 heterocycles. The van der Waals surface area contributed by atoms with Crippen LogP contribution in [0.4, 0.5) is 13.2 Å². The van der Waals surface area contributed by atoms with Crippen LogP contribution in [0.2, 0.25) is 0 Å². The lowest BCUT2D eigenvalue weighted by molar-refractivity contribution is -0.137. The zero-order chi connectivity index (χ0) is 16.6. The highest BCUT2D eigenvalue weighted by atomic mass is 32.2. The van der Waals surface area contributed by atoms with E-state index >= 15 is 0 Å². The molecule has 0 atom stereocenters. The molecule has 3 aromatic rings. The zero-order valence-electron chi connectivity index (χ0n) is 11.8. The normalized spacial score (nSPS) is 12.0. The van der Waals surface area contributed by atoms with Crippen molar-refractivity contribution >= 4 is 34.5 Å². The summed E-state index contributed by atoms with van der Waals surface area (Å²) in [6, 6.07) is 5.81. The van der Waals surface area contributed by atoms with Crippen molar-refractivity contribution in [2.24, 2.45) is 0 Å². The minimum atomic E-state index is -4.44. The van der Waals surface area contributed by atoms with Crippen molar-refractivity contribution in [2.75, 3.05) is 5.75 Å². The molecule has 120 valence electrons. The smallest absolute Gasteiger partial charge is 0.292 e. The number of Topliss-reactive ketones (excluding diaryl/α,β-unsaturated/α-hetero) is 1. The second kappa shape index (κ2) is 5.97. The van der Waals surface area contributed by atoms with E-state index in [-0.39, 0.29) is 16.7 Å². The lowest BCUT2D eigenvalue weighted by Crippen LogP contribution is -2.06. The maximum Gasteiger partial charge on any atom is 0.417 e. The summed E-state index contributed by atoms with van der Waals surface area (Å²) in [6.07, 6.45) is -3.50. The minimum absolute atomic E-state index is 0.0863. The fourth-order valence-corrected chi connectivity index (χ4v) is 3.62. The van der Waals surface area contributed by atoms with Crippen molar-refractivity contribution in [3.05, 3.63) is 45.8 Å². The van der Waals surface area contributed by atoms with Crippen molar-refractivity contribution in [2.45, 2.75) is 18.3 Å². The zero-order valence-corrected chi connectivity index (χ0v) is 13.4. The molecule has 9 heteroatoms. The van der Waals surface area contributed by atoms with Crippen LogP contribution in [0.3, 0.4) is 0 Å². The first-order valence-electron chi connectivity index (χ1n) is 6.49. The van der Waals surface area contributed by atoms with Crippen LogP contribution in [0.25, 0.3) is 5.65 Å². The standard InChI is InChI=1S/C14H10F3N3OS2/c1-8-2-4-11(23-8)10(21)7-22-13-19-18-12-5-3-9(6-20(12)13)14(15,16)17/h2-6H,7H2,1H3. The first-order chi connectivity index (χ1) is 10.8. The first-order valence-corrected chi connectivity index (χ1v) is 8.29. The summed E-state index contributed by atoms with van der Waals surface area (Å²) in [5, 5.41) is 7.92. The number of rotatable bonds is 4. The largest absolute Gasteiger partial charge is 0.417 e. The molecule has 0 bridgehead atoms. The van der Waals surface area contributed by atoms with Crippen molar-refractivity contribution in [3.8, 4) is 0 Å². The van der Waals surface area contributed by atoms with Crippen molar-refractivity contribution < 1.29 is 18.0 Å². The SMILES string of the molecule is Cc1ccc(C(=O)CSc2nnc3ccc(C(F)(F)F)cn23)s1. The molecule has 0 fully saturated rings. The molecule has 0 unspecified atom stereocenters. The van der Waals surface area contributed by atoms with Gasteiger partial charge in [0.15, 0.2) is 16.6 Å². The highest BCUT2D eigenvalue weighted by Gasteiger charge is 2.31. The Morgan fingerprint density at radius 3 is 2.70 bits per heavy atom. The molecule has 0 aliphatic rings. The molecule has 23 heavy (non-hydrogen) atoms. The summed E-state index contributed by atoms with van der Waals surface area (Å²) in [7, 11) is 0. The lowest BCUT2D eigenvalue weighted by atomic mass is 10.3. The Morgan fingerprint density at radius 1 is 1.26 bits per heavy atom. The highest BCUT2D eigenvalue weighted by Crippen LogP contribution is 2.30. The summed E-state index contributed by atoms with van der Waals surface area (Å²) >= 11 is 2.46. The number of pyridine rings is 1. The summed E-state index contributed by atoms with van der Waals surface area (Å²) in [4.78, 5) is 13.7. The van der Waals surface area contributed by atoms with Gasteiger partial charge in [-0.3, -0.25) is 9.20 Å². The molecule has 3 aromatic heterocycles. The second-order valence-corrected chi connectivity index (χ2v) is 6.98. The van der Waals surface area contributed by atoms with E-state index in [4.69, 9.17) is 0 Å². The minimum Gasteiger partial charge on any atom is -0.292 e. The van der Waals surface area contributed by atoms with Gasteiger partial charge in [0.05, 0.1) is 16.2 Å². The Balaban J connectivity index is 1.81. The first kappa shape index (κ1) is 16.0. The van der Waals surface area contributed by atoms with E-state index in [9.17, 15) is 18.0 Å². The monoisotopic (exact) mass is 357 g/mol. The van der Waals surface area contributed by atoms with Crippen LogP contribution in [0.5, 0.6) is 0 Å². The van der Waals surface area contributed by atoms with Crippen LogP contribution in [0, 0.1) is 6.92 Å². The van der Waals surface area contributed by atoms with Crippen LogP contribution < -0.4 is 0 Å². The Bertz CT molecular complexity index is 870. The number of thiophene rings is 1. The molecule has 0 saturated carbocycles. The maximum atomic E-state index is 12.8. The van der Waals surface area contributed by atoms with Crippen LogP contribution in [-0.4, -0.2) is 26.1 Å². The highest BCUT2D eigenvalue weighted by molar-refractivity contribution is 7.99. The van der Waals surface area contributed by atoms with E-state index in [0.29, 0.717) is 10.5 Å². The van der Waals surface area contributed by atoms with E-state index in [0.717, 1.165) is 28.9 Å². The molecule has 0 N–H and O–H groups in total. The summed E-state index contributed by atoms with van der Waals surface area (Å²) in [6.45, 7) is 1.90. The van der Waals surface area contributed by atoms with E-state index in [2.05, 4.69) is 10.2 Å². The summed E-state index contributed by atoms with van der Waals surface area (Å²) in [5.41, 5.74) is -0.480. The molecule has 0 radical (unpaired) electrons. The fourth-order valence-electron chi connectivity index (χ4n) is 1.92. The van der Waals surface area contributed by atoms with Crippen LogP contribution in [-0.2, 0) is 6.18 Å². The van der Waals surface area contributed by atoms with Crippen molar-refractivity contribution in [3.63, 3.8) is 0 Å². The van der Waals surface area contributed by atoms with Gasteiger partial charge in [-0.15, -0.1) is 21.5 Å². The van der Waals surface area contributed by atoms with Crippen molar-refractivity contribution in [1.82, 2.24) is 14.6 Å². The van der Waals surface area contributed by atoms with Crippen LogP contribution in [0.15, 0.2) is 35.6 Å². The molecule has 0 aromatic carbocycles. The number of thioether (sulfide) groups is 1. The van der Waals surface area contributed by atoms with E-state index in [1.54, 1.807) is 6.07 Å². The van der Waals surface area contributed by atoms with Crippen molar-refractivity contribution in [1.29, 1.82) is 0 Å². The summed E-state index contributed by atoms with van der Waals surface area (Å²) < 4.78 is 39.6. The van der Waals surface area contributed by atoms with Gasteiger partial charge in [-0.25, -0.2) is 0 Å². The van der Waals surface area contributed by atoms with Gasteiger partial charge >= 0.3 is 6.18 Å². The van der Waals surface area contributed by atoms with Gasteiger partial charge in [0.2, 0.25) is 0 Å². The van der Waals surface area contributed by atoms with E-state index < -0.39 is 11.7 Å². The number of halogens is 3. The number of aryl methyl sites for hydroxylation is 1. The number of hydrogen-bond donors (Lipinski definition) is 0. The Morgan fingerprint density at radius 2 is 2.04 bits per heavy atom. The average Bonchev–Trinajstić information content (AvgIpc) is 3.09. The molecule has 0 aliphatic heterocycles. The molecule has 0 amide bonds. The van der Waals surface area contributed by atoms with Crippen LogP contribution in [0.1, 0.15) is 20.1 Å². The topological polar surface area (TPSA) is 47.3 Å². The number of ketones is 1. The predicted molar refractivity (Wildman–Crippen MR) is 82.1 cm³/mol. The van der Waals surface area contributed by atoms with E-state index in [1.165, 1.54) is 21.8 Å². The fraction of sp³-hybridized carbons (Fsp3) is 0.214. The number of carbonyl (C=O) groups excluding carboxylic acids is 1. The predicted octanol–water partition coefficient (Wildman–Crippen LogP) is 4.09. The third-order valence-corrected chi connectivity index (χ3v) is 5.03. The molecule has 3 rings (SSSR count). The number of carbonyl (C=O) groups is 1. The van der Waals surface area contributed by atoms with Gasteiger partial charge in [0, 0.05) is 11.1 Å². The Labute approximate surface area is 137 Å². The van der Waals surface area contributed by atoms with Crippen LogP contribution >= 0.6 is 23.1 Å². The Kier molecular flexibility index (Phi) is 4.15. The van der Waals surface area contributed by atoms with Gasteiger partial charge in [-0.05, 0) is 31.2 Å². The molecule has 4 nitrogen and oxygen atoms in total. The third-order valence-electron chi connectivity index (χ3n) is 3.05. The van der Waals surface area contributed by atoms with Gasteiger partial charge in [-0.1, -0.05) is 11.8 Å². The van der Waals surface area contributed by atoms with E-state index in [1.807, 2.05) is 13.0 Å². The maximum absolute atomic E-state index is 12.8. The van der Waals surface area contributed by atoms with Gasteiger partial charge in [0.25, 0.3) is 0 Å². The number of hydrogen-bond acceptors (Lipinski definition) is 5.